The number of hydrogen-bond donors (Lipinski definition) is 1. The van der Waals surface area contributed by atoms with Crippen molar-refractivity contribution in [3.63, 3.8) is 0 Å². The zero-order chi connectivity index (χ0) is 22.2. The Morgan fingerprint density at radius 1 is 0.929 bits per heavy atom. The molecule has 0 unspecified atom stereocenters. The Labute approximate surface area is 169 Å². The second-order valence-electron chi connectivity index (χ2n) is 9.24. The van der Waals surface area contributed by atoms with E-state index < -0.39 is 20.9 Å². The third-order valence-corrected chi connectivity index (χ3v) is 5.33. The van der Waals surface area contributed by atoms with Crippen molar-refractivity contribution in [2.24, 2.45) is 10.8 Å². The maximum absolute atomic E-state index is 12.5. The summed E-state index contributed by atoms with van der Waals surface area (Å²) in [6, 6.07) is 0. The highest BCUT2D eigenvalue weighted by Gasteiger charge is 2.41. The Morgan fingerprint density at radius 3 is 1.82 bits per heavy atom. The zero-order valence-corrected chi connectivity index (χ0v) is 19.2. The summed E-state index contributed by atoms with van der Waals surface area (Å²) in [6.45, 7) is 10.5. The Kier molecular flexibility index (Phi) is 10.1. The van der Waals surface area contributed by atoms with E-state index in [9.17, 15) is 18.0 Å². The molecule has 0 aromatic rings. The molecule has 0 saturated carbocycles. The maximum atomic E-state index is 12.5. The Hall–Kier alpha value is -1.19. The number of nitrogens with zero attached hydrogens (tertiary/aromatic N) is 1. The van der Waals surface area contributed by atoms with E-state index in [2.05, 4.69) is 0 Å². The minimum Gasteiger partial charge on any atom is -0.465 e. The van der Waals surface area contributed by atoms with Gasteiger partial charge in [-0.2, -0.15) is 8.42 Å². The third kappa shape index (κ3) is 11.0. The second kappa shape index (κ2) is 10.5. The van der Waals surface area contributed by atoms with Gasteiger partial charge >= 0.3 is 11.9 Å². The Balaban J connectivity index is 4.57. The van der Waals surface area contributed by atoms with Gasteiger partial charge in [-0.25, -0.2) is 0 Å². The molecule has 0 bridgehead atoms. The van der Waals surface area contributed by atoms with Crippen LogP contribution >= 0.6 is 0 Å². The fourth-order valence-corrected chi connectivity index (χ4v) is 3.50. The monoisotopic (exact) mass is 424 g/mol. The summed E-state index contributed by atoms with van der Waals surface area (Å²) >= 11 is 0. The molecule has 0 saturated heterocycles. The van der Waals surface area contributed by atoms with Crippen LogP contribution in [0.25, 0.3) is 0 Å². The van der Waals surface area contributed by atoms with E-state index in [0.717, 1.165) is 6.42 Å². The van der Waals surface area contributed by atoms with Crippen molar-refractivity contribution < 1.29 is 36.5 Å². The molecule has 0 fully saturated rings. The van der Waals surface area contributed by atoms with Gasteiger partial charge in [0.15, 0.2) is 0 Å². The van der Waals surface area contributed by atoms with Gasteiger partial charge in [0.2, 0.25) is 0 Å². The molecule has 0 aliphatic rings. The van der Waals surface area contributed by atoms with Crippen LogP contribution in [-0.2, 0) is 29.2 Å². The van der Waals surface area contributed by atoms with Crippen molar-refractivity contribution in [1.29, 1.82) is 0 Å². The van der Waals surface area contributed by atoms with Crippen molar-refractivity contribution in [1.82, 2.24) is 0 Å². The molecule has 0 aliphatic carbocycles. The molecule has 0 heterocycles. The molecular formula is C19H38NO7S+. The summed E-state index contributed by atoms with van der Waals surface area (Å²) in [5.41, 5.74) is -1.65. The number of esters is 2. The Morgan fingerprint density at radius 2 is 1.39 bits per heavy atom. The van der Waals surface area contributed by atoms with Crippen molar-refractivity contribution in [3.05, 3.63) is 0 Å². The molecule has 0 atom stereocenters. The summed E-state index contributed by atoms with van der Waals surface area (Å²) < 4.78 is 41.5. The van der Waals surface area contributed by atoms with E-state index in [1.807, 2.05) is 21.0 Å². The lowest BCUT2D eigenvalue weighted by Crippen LogP contribution is -2.44. The van der Waals surface area contributed by atoms with E-state index in [4.69, 9.17) is 14.0 Å². The highest BCUT2D eigenvalue weighted by atomic mass is 32.2. The summed E-state index contributed by atoms with van der Waals surface area (Å²) in [5, 5.41) is 0. The average Bonchev–Trinajstić information content (AvgIpc) is 2.49. The van der Waals surface area contributed by atoms with Gasteiger partial charge in [0.05, 0.1) is 43.8 Å². The first-order valence-electron chi connectivity index (χ1n) is 9.64. The molecular weight excluding hydrogens is 386 g/mol. The van der Waals surface area contributed by atoms with Crippen molar-refractivity contribution >= 4 is 22.1 Å². The topological polar surface area (TPSA) is 107 Å². The normalized spacial score (nSPS) is 13.3. The van der Waals surface area contributed by atoms with Crippen molar-refractivity contribution in [2.75, 3.05) is 46.2 Å². The van der Waals surface area contributed by atoms with E-state index >= 15 is 0 Å². The molecule has 0 aromatic carbocycles. The van der Waals surface area contributed by atoms with Gasteiger partial charge in [-0.3, -0.25) is 14.1 Å². The third-order valence-electron chi connectivity index (χ3n) is 4.52. The first kappa shape index (κ1) is 26.8. The van der Waals surface area contributed by atoms with Gasteiger partial charge < -0.3 is 14.0 Å². The average molecular weight is 425 g/mol. The second-order valence-corrected chi connectivity index (χ2v) is 10.8. The van der Waals surface area contributed by atoms with E-state index in [0.29, 0.717) is 37.0 Å². The van der Waals surface area contributed by atoms with Crippen LogP contribution in [0.3, 0.4) is 0 Å². The lowest BCUT2D eigenvalue weighted by atomic mass is 9.75. The maximum Gasteiger partial charge on any atom is 0.311 e. The van der Waals surface area contributed by atoms with E-state index in [1.54, 1.807) is 27.7 Å². The standard InChI is InChI=1S/C19H37NO7S/c1-8-12-26-16(21)18(2,3)15-19(4,5)17(22)27-13-11-20(6,7)10-9-14-28(23,24)25/h8-15H2,1-7H3/p+1. The lowest BCUT2D eigenvalue weighted by Gasteiger charge is -2.33. The number of likely N-dealkylation sites (N-methyl/N-ethyl adjacent to an activating group) is 1. The predicted molar refractivity (Wildman–Crippen MR) is 107 cm³/mol. The minimum atomic E-state index is -3.96. The van der Waals surface area contributed by atoms with Crippen LogP contribution in [0.5, 0.6) is 0 Å². The van der Waals surface area contributed by atoms with Crippen LogP contribution in [0, 0.1) is 10.8 Å². The molecule has 0 aromatic heterocycles. The van der Waals surface area contributed by atoms with Gasteiger partial charge in [-0.05, 0) is 40.5 Å². The molecule has 0 rings (SSSR count). The molecule has 28 heavy (non-hydrogen) atoms. The highest BCUT2D eigenvalue weighted by Crippen LogP contribution is 2.35. The van der Waals surface area contributed by atoms with Crippen molar-refractivity contribution in [3.8, 4) is 0 Å². The molecule has 8 nitrogen and oxygen atoms in total. The molecule has 0 aliphatic heterocycles. The van der Waals surface area contributed by atoms with Gasteiger partial charge in [0, 0.05) is 6.42 Å². The number of rotatable bonds is 13. The summed E-state index contributed by atoms with van der Waals surface area (Å²) in [4.78, 5) is 24.7. The molecule has 0 amide bonds. The summed E-state index contributed by atoms with van der Waals surface area (Å²) in [7, 11) is -0.166. The fourth-order valence-electron chi connectivity index (χ4n) is 3.01. The number of carbonyl (C=O) groups is 2. The lowest BCUT2D eigenvalue weighted by molar-refractivity contribution is -0.890. The quantitative estimate of drug-likeness (QED) is 0.274. The summed E-state index contributed by atoms with van der Waals surface area (Å²) in [6.07, 6.45) is 1.36. The number of hydrogen-bond acceptors (Lipinski definition) is 6. The molecule has 1 N–H and O–H groups in total. The van der Waals surface area contributed by atoms with E-state index in [1.165, 1.54) is 0 Å². The van der Waals surface area contributed by atoms with Crippen LogP contribution in [0.2, 0.25) is 0 Å². The van der Waals surface area contributed by atoms with Crippen LogP contribution in [-0.4, -0.2) is 75.5 Å². The van der Waals surface area contributed by atoms with Crippen LogP contribution in [0.15, 0.2) is 0 Å². The first-order chi connectivity index (χ1) is 12.5. The molecule has 166 valence electrons. The highest BCUT2D eigenvalue weighted by molar-refractivity contribution is 7.85. The van der Waals surface area contributed by atoms with Gasteiger partial charge in [0.25, 0.3) is 10.1 Å². The number of quaternary nitrogens is 1. The SMILES string of the molecule is CCCOC(=O)C(C)(C)CC(C)(C)C(=O)OCC[N+](C)(C)CCCS(=O)(=O)O. The van der Waals surface area contributed by atoms with Crippen molar-refractivity contribution in [2.45, 2.75) is 53.9 Å². The zero-order valence-electron chi connectivity index (χ0n) is 18.4. The first-order valence-corrected chi connectivity index (χ1v) is 11.2. The van der Waals surface area contributed by atoms with E-state index in [-0.39, 0.29) is 24.3 Å². The van der Waals surface area contributed by atoms with Crippen LogP contribution < -0.4 is 0 Å². The largest absolute Gasteiger partial charge is 0.465 e. The van der Waals surface area contributed by atoms with Crippen LogP contribution in [0.1, 0.15) is 53.9 Å². The van der Waals surface area contributed by atoms with Crippen LogP contribution in [0.4, 0.5) is 0 Å². The Bertz CT molecular complexity index is 624. The fraction of sp³-hybridized carbons (Fsp3) is 0.895. The summed E-state index contributed by atoms with van der Waals surface area (Å²) in [5.74, 6) is -1.00. The number of carbonyl (C=O) groups excluding carboxylic acids is 2. The molecule has 0 radical (unpaired) electrons. The predicted octanol–water partition coefficient (Wildman–Crippen LogP) is 2.28. The van der Waals surface area contributed by atoms with Gasteiger partial charge in [-0.15, -0.1) is 0 Å². The smallest absolute Gasteiger partial charge is 0.311 e. The molecule has 0 spiro atoms. The van der Waals surface area contributed by atoms with Gasteiger partial charge in [-0.1, -0.05) is 6.92 Å². The van der Waals surface area contributed by atoms with Gasteiger partial charge in [0.1, 0.15) is 13.2 Å². The molecule has 9 heteroatoms. The minimum absolute atomic E-state index is 0.182. The number of ether oxygens (including phenoxy) is 2.